The lowest BCUT2D eigenvalue weighted by Gasteiger charge is -2.33. The highest BCUT2D eigenvalue weighted by Gasteiger charge is 2.36. The third-order valence-electron chi connectivity index (χ3n) is 4.50. The smallest absolute Gasteiger partial charge is 0.214 e. The molecule has 0 aromatic carbocycles. The molecule has 0 spiro atoms. The van der Waals surface area contributed by atoms with Crippen molar-refractivity contribution in [2.45, 2.75) is 44.1 Å². The zero-order chi connectivity index (χ0) is 16.7. The Morgan fingerprint density at radius 3 is 2.96 bits per heavy atom. The molecule has 0 bridgehead atoms. The van der Waals surface area contributed by atoms with Gasteiger partial charge in [0.25, 0.3) is 0 Å². The van der Waals surface area contributed by atoms with Crippen LogP contribution >= 0.6 is 0 Å². The van der Waals surface area contributed by atoms with Crippen molar-refractivity contribution in [1.29, 1.82) is 0 Å². The molecular weight excluding hydrogens is 330 g/mol. The van der Waals surface area contributed by atoms with E-state index in [4.69, 9.17) is 4.52 Å². The molecule has 0 amide bonds. The maximum Gasteiger partial charge on any atom is 0.214 e. The Bertz CT molecular complexity index is 824. The lowest BCUT2D eigenvalue weighted by atomic mass is 10.2. The van der Waals surface area contributed by atoms with Gasteiger partial charge in [-0.25, -0.2) is 13.1 Å². The molecule has 1 saturated carbocycles. The molecule has 1 N–H and O–H groups in total. The lowest BCUT2D eigenvalue weighted by molar-refractivity contribution is 0.164. The molecule has 2 aromatic heterocycles. The summed E-state index contributed by atoms with van der Waals surface area (Å²) in [5.74, 6) is 0.792. The normalized spacial score (nSPS) is 21.8. The number of hydrogen-bond acceptors (Lipinski definition) is 6. The van der Waals surface area contributed by atoms with Gasteiger partial charge >= 0.3 is 0 Å². The van der Waals surface area contributed by atoms with E-state index in [0.29, 0.717) is 19.6 Å². The van der Waals surface area contributed by atoms with Gasteiger partial charge in [-0.15, -0.1) is 0 Å². The summed E-state index contributed by atoms with van der Waals surface area (Å²) in [5, 5.41) is 8.21. The molecule has 9 heteroatoms. The second-order valence-electron chi connectivity index (χ2n) is 6.61. The Kier molecular flexibility index (Phi) is 3.93. The molecule has 2 aliphatic rings. The van der Waals surface area contributed by atoms with Crippen LogP contribution in [0.1, 0.15) is 36.0 Å². The van der Waals surface area contributed by atoms with Crippen LogP contribution in [-0.4, -0.2) is 46.6 Å². The maximum absolute atomic E-state index is 12.1. The largest absolute Gasteiger partial charge is 0.361 e. The Morgan fingerprint density at radius 2 is 2.25 bits per heavy atom. The summed E-state index contributed by atoms with van der Waals surface area (Å²) in [6, 6.07) is 3.88. The van der Waals surface area contributed by atoms with E-state index in [1.807, 2.05) is 23.7 Å². The Labute approximate surface area is 140 Å². The Morgan fingerprint density at radius 1 is 1.42 bits per heavy atom. The van der Waals surface area contributed by atoms with E-state index < -0.39 is 10.0 Å². The van der Waals surface area contributed by atoms with Crippen LogP contribution in [0.2, 0.25) is 0 Å². The highest BCUT2D eigenvalue weighted by atomic mass is 32.2. The summed E-state index contributed by atoms with van der Waals surface area (Å²) in [6.45, 7) is 4.39. The van der Waals surface area contributed by atoms with E-state index >= 15 is 0 Å². The van der Waals surface area contributed by atoms with Crippen LogP contribution < -0.4 is 4.72 Å². The minimum absolute atomic E-state index is 0.0229. The first-order valence-electron chi connectivity index (χ1n) is 8.17. The predicted octanol–water partition coefficient (Wildman–Crippen LogP) is 0.818. The second kappa shape index (κ2) is 5.98. The van der Waals surface area contributed by atoms with Gasteiger partial charge in [-0.1, -0.05) is 5.16 Å². The Balaban J connectivity index is 1.46. The highest BCUT2D eigenvalue weighted by molar-refractivity contribution is 7.90. The lowest BCUT2D eigenvalue weighted by Crippen LogP contribution is -2.43. The monoisotopic (exact) mass is 351 g/mol. The maximum atomic E-state index is 12.1. The highest BCUT2D eigenvalue weighted by Crippen LogP contribution is 2.28. The van der Waals surface area contributed by atoms with Crippen LogP contribution in [-0.2, 0) is 23.1 Å². The minimum Gasteiger partial charge on any atom is -0.361 e. The zero-order valence-corrected chi connectivity index (χ0v) is 14.4. The van der Waals surface area contributed by atoms with Gasteiger partial charge in [-0.05, 0) is 25.8 Å². The SMILES string of the molecule is Cc1cc(CN2Cc3ccnn3[C@H](CNS(=O)(=O)C3CC3)C2)no1. The number of rotatable bonds is 6. The molecule has 1 aliphatic heterocycles. The first-order chi connectivity index (χ1) is 11.5. The van der Waals surface area contributed by atoms with Crippen LogP contribution in [0.4, 0.5) is 0 Å². The Hall–Kier alpha value is -1.71. The van der Waals surface area contributed by atoms with Crippen LogP contribution in [0.15, 0.2) is 22.9 Å². The number of hydrogen-bond donors (Lipinski definition) is 1. The van der Waals surface area contributed by atoms with Crippen molar-refractivity contribution in [1.82, 2.24) is 24.6 Å². The predicted molar refractivity (Wildman–Crippen MR) is 86.6 cm³/mol. The molecule has 0 unspecified atom stereocenters. The van der Waals surface area contributed by atoms with E-state index in [-0.39, 0.29) is 11.3 Å². The molecule has 0 saturated heterocycles. The number of sulfonamides is 1. The van der Waals surface area contributed by atoms with Crippen molar-refractivity contribution in [3.8, 4) is 0 Å². The van der Waals surface area contributed by atoms with Crippen molar-refractivity contribution in [2.75, 3.05) is 13.1 Å². The zero-order valence-electron chi connectivity index (χ0n) is 13.6. The van der Waals surface area contributed by atoms with E-state index in [2.05, 4.69) is 19.9 Å². The third-order valence-corrected chi connectivity index (χ3v) is 6.42. The van der Waals surface area contributed by atoms with Crippen molar-refractivity contribution in [3.05, 3.63) is 35.5 Å². The summed E-state index contributed by atoms with van der Waals surface area (Å²) in [7, 11) is -3.18. The van der Waals surface area contributed by atoms with Gasteiger partial charge in [0.2, 0.25) is 10.0 Å². The fourth-order valence-electron chi connectivity index (χ4n) is 3.17. The van der Waals surface area contributed by atoms with Crippen molar-refractivity contribution < 1.29 is 12.9 Å². The van der Waals surface area contributed by atoms with Gasteiger partial charge < -0.3 is 4.52 Å². The number of aryl methyl sites for hydroxylation is 1. The summed E-state index contributed by atoms with van der Waals surface area (Å²) < 4.78 is 34.0. The van der Waals surface area contributed by atoms with Gasteiger partial charge in [0.15, 0.2) is 0 Å². The molecule has 4 rings (SSSR count). The fourth-order valence-corrected chi connectivity index (χ4v) is 4.58. The van der Waals surface area contributed by atoms with Gasteiger partial charge in [0, 0.05) is 38.4 Å². The van der Waals surface area contributed by atoms with Crippen LogP contribution in [0.3, 0.4) is 0 Å². The molecule has 2 aromatic rings. The molecule has 0 radical (unpaired) electrons. The molecule has 8 nitrogen and oxygen atoms in total. The second-order valence-corrected chi connectivity index (χ2v) is 8.66. The minimum atomic E-state index is -3.18. The van der Waals surface area contributed by atoms with Gasteiger partial charge in [0.05, 0.1) is 22.7 Å². The van der Waals surface area contributed by atoms with E-state index in [9.17, 15) is 8.42 Å². The molecule has 24 heavy (non-hydrogen) atoms. The van der Waals surface area contributed by atoms with E-state index in [1.165, 1.54) is 0 Å². The van der Waals surface area contributed by atoms with Crippen molar-refractivity contribution in [2.24, 2.45) is 0 Å². The van der Waals surface area contributed by atoms with Crippen molar-refractivity contribution >= 4 is 10.0 Å². The van der Waals surface area contributed by atoms with Crippen LogP contribution in [0, 0.1) is 6.92 Å². The summed E-state index contributed by atoms with van der Waals surface area (Å²) in [6.07, 6.45) is 3.30. The summed E-state index contributed by atoms with van der Waals surface area (Å²) in [5.41, 5.74) is 1.97. The van der Waals surface area contributed by atoms with Crippen LogP contribution in [0.25, 0.3) is 0 Å². The molecule has 130 valence electrons. The summed E-state index contributed by atoms with van der Waals surface area (Å²) >= 11 is 0. The number of aromatic nitrogens is 3. The molecule has 1 atom stereocenters. The molecule has 1 aliphatic carbocycles. The number of nitrogens with one attached hydrogen (secondary N) is 1. The summed E-state index contributed by atoms with van der Waals surface area (Å²) in [4.78, 5) is 2.24. The average molecular weight is 351 g/mol. The molecule has 1 fully saturated rings. The first-order valence-corrected chi connectivity index (χ1v) is 9.71. The standard InChI is InChI=1S/C15H21N5O3S/c1-11-6-12(18-23-11)8-19-9-13-4-5-16-20(13)14(10-19)7-17-24(21,22)15-2-3-15/h4-6,14-15,17H,2-3,7-10H2,1H3/t14-/m1/s1. The quantitative estimate of drug-likeness (QED) is 0.828. The topological polar surface area (TPSA) is 93.3 Å². The van der Waals surface area contributed by atoms with Crippen LogP contribution in [0.5, 0.6) is 0 Å². The third kappa shape index (κ3) is 3.24. The van der Waals surface area contributed by atoms with E-state index in [0.717, 1.165) is 36.5 Å². The van der Waals surface area contributed by atoms with Gasteiger partial charge in [-0.3, -0.25) is 9.58 Å². The number of nitrogens with zero attached hydrogens (tertiary/aromatic N) is 4. The average Bonchev–Trinajstić information content (AvgIpc) is 3.18. The van der Waals surface area contributed by atoms with Crippen molar-refractivity contribution in [3.63, 3.8) is 0 Å². The first kappa shape index (κ1) is 15.8. The van der Waals surface area contributed by atoms with Gasteiger partial charge in [-0.2, -0.15) is 5.10 Å². The fraction of sp³-hybridized carbons (Fsp3) is 0.600. The molecular formula is C15H21N5O3S. The molecule has 3 heterocycles. The van der Waals surface area contributed by atoms with E-state index in [1.54, 1.807) is 6.20 Å². The number of fused-ring (bicyclic) bond motifs is 1. The van der Waals surface area contributed by atoms with Gasteiger partial charge in [0.1, 0.15) is 5.76 Å².